The van der Waals surface area contributed by atoms with E-state index in [0.29, 0.717) is 29.3 Å². The standard InChI is InChI=1S/C15H23N3O2/c1-10(2)12-6-4-5-7-13(12)17-15-8-14(18(19)20)11(3)9-16-15/h8-10,12-13H,4-7H2,1-3H3,(H,16,17). The normalized spacial score (nSPS) is 22.8. The molecule has 1 saturated carbocycles. The maximum atomic E-state index is 11.0. The summed E-state index contributed by atoms with van der Waals surface area (Å²) in [6.45, 7) is 6.21. The van der Waals surface area contributed by atoms with Crippen LogP contribution in [-0.2, 0) is 0 Å². The summed E-state index contributed by atoms with van der Waals surface area (Å²) in [6.07, 6.45) is 6.42. The summed E-state index contributed by atoms with van der Waals surface area (Å²) in [6, 6.07) is 1.93. The zero-order valence-corrected chi connectivity index (χ0v) is 12.4. The van der Waals surface area contributed by atoms with Gasteiger partial charge in [-0.2, -0.15) is 0 Å². The number of rotatable bonds is 4. The molecule has 2 rings (SSSR count). The molecular formula is C15H23N3O2. The Kier molecular flexibility index (Phi) is 4.57. The molecule has 5 nitrogen and oxygen atoms in total. The van der Waals surface area contributed by atoms with Gasteiger partial charge in [-0.15, -0.1) is 0 Å². The Morgan fingerprint density at radius 1 is 1.40 bits per heavy atom. The van der Waals surface area contributed by atoms with Gasteiger partial charge >= 0.3 is 0 Å². The van der Waals surface area contributed by atoms with Gasteiger partial charge in [0.05, 0.1) is 11.0 Å². The molecule has 1 N–H and O–H groups in total. The zero-order valence-electron chi connectivity index (χ0n) is 12.4. The lowest BCUT2D eigenvalue weighted by molar-refractivity contribution is -0.385. The minimum atomic E-state index is -0.344. The molecule has 0 aromatic carbocycles. The molecule has 0 radical (unpaired) electrons. The van der Waals surface area contributed by atoms with Crippen LogP contribution in [0.1, 0.15) is 45.1 Å². The minimum absolute atomic E-state index is 0.138. The Bertz CT molecular complexity index is 488. The van der Waals surface area contributed by atoms with Crippen molar-refractivity contribution >= 4 is 11.5 Å². The summed E-state index contributed by atoms with van der Waals surface area (Å²) in [5, 5.41) is 14.4. The summed E-state index contributed by atoms with van der Waals surface area (Å²) >= 11 is 0. The number of pyridine rings is 1. The van der Waals surface area contributed by atoms with Gasteiger partial charge in [0.1, 0.15) is 5.82 Å². The summed E-state index contributed by atoms with van der Waals surface area (Å²) in [7, 11) is 0. The van der Waals surface area contributed by atoms with Gasteiger partial charge in [0.2, 0.25) is 0 Å². The van der Waals surface area contributed by atoms with Crippen molar-refractivity contribution in [3.63, 3.8) is 0 Å². The smallest absolute Gasteiger partial charge is 0.277 e. The topological polar surface area (TPSA) is 68.1 Å². The summed E-state index contributed by atoms with van der Waals surface area (Å²) in [5.41, 5.74) is 0.740. The maximum Gasteiger partial charge on any atom is 0.277 e. The van der Waals surface area contributed by atoms with Gasteiger partial charge < -0.3 is 5.32 Å². The van der Waals surface area contributed by atoms with Crippen molar-refractivity contribution < 1.29 is 4.92 Å². The highest BCUT2D eigenvalue weighted by Gasteiger charge is 2.28. The fourth-order valence-corrected chi connectivity index (χ4v) is 3.12. The first-order chi connectivity index (χ1) is 9.49. The molecule has 20 heavy (non-hydrogen) atoms. The second-order valence-electron chi connectivity index (χ2n) is 6.06. The number of nitro groups is 1. The van der Waals surface area contributed by atoms with Crippen LogP contribution in [0.2, 0.25) is 0 Å². The molecule has 5 heteroatoms. The van der Waals surface area contributed by atoms with Crippen molar-refractivity contribution in [2.45, 2.75) is 52.5 Å². The van der Waals surface area contributed by atoms with E-state index in [1.807, 2.05) is 0 Å². The Balaban J connectivity index is 2.16. The number of aromatic nitrogens is 1. The highest BCUT2D eigenvalue weighted by atomic mass is 16.6. The van der Waals surface area contributed by atoms with Crippen LogP contribution in [0.5, 0.6) is 0 Å². The highest BCUT2D eigenvalue weighted by molar-refractivity contribution is 5.49. The lowest BCUT2D eigenvalue weighted by Crippen LogP contribution is -2.35. The van der Waals surface area contributed by atoms with E-state index in [9.17, 15) is 10.1 Å². The van der Waals surface area contributed by atoms with Gasteiger partial charge in [0, 0.05) is 17.8 Å². The summed E-state index contributed by atoms with van der Waals surface area (Å²) in [5.74, 6) is 1.86. The summed E-state index contributed by atoms with van der Waals surface area (Å²) in [4.78, 5) is 14.9. The predicted octanol–water partition coefficient (Wildman–Crippen LogP) is 3.92. The first-order valence-corrected chi connectivity index (χ1v) is 7.36. The molecule has 0 spiro atoms. The van der Waals surface area contributed by atoms with Crippen molar-refractivity contribution in [2.24, 2.45) is 11.8 Å². The van der Waals surface area contributed by atoms with E-state index in [0.717, 1.165) is 6.42 Å². The van der Waals surface area contributed by atoms with Gasteiger partial charge in [-0.3, -0.25) is 10.1 Å². The number of anilines is 1. The Labute approximate surface area is 119 Å². The van der Waals surface area contributed by atoms with E-state index >= 15 is 0 Å². The third-order valence-electron chi connectivity index (χ3n) is 4.28. The Morgan fingerprint density at radius 2 is 2.10 bits per heavy atom. The first-order valence-electron chi connectivity index (χ1n) is 7.36. The number of hydrogen-bond acceptors (Lipinski definition) is 4. The van der Waals surface area contributed by atoms with Crippen LogP contribution in [0, 0.1) is 28.9 Å². The van der Waals surface area contributed by atoms with Crippen LogP contribution in [0.4, 0.5) is 11.5 Å². The fourth-order valence-electron chi connectivity index (χ4n) is 3.12. The van der Waals surface area contributed by atoms with Crippen LogP contribution in [-0.4, -0.2) is 15.9 Å². The van der Waals surface area contributed by atoms with Crippen molar-refractivity contribution in [1.29, 1.82) is 0 Å². The van der Waals surface area contributed by atoms with E-state index in [4.69, 9.17) is 0 Å². The molecule has 2 unspecified atom stereocenters. The van der Waals surface area contributed by atoms with Crippen LogP contribution < -0.4 is 5.32 Å². The van der Waals surface area contributed by atoms with E-state index in [1.165, 1.54) is 19.3 Å². The Morgan fingerprint density at radius 3 is 2.75 bits per heavy atom. The van der Waals surface area contributed by atoms with Crippen molar-refractivity contribution in [3.05, 3.63) is 27.9 Å². The predicted molar refractivity (Wildman–Crippen MR) is 79.8 cm³/mol. The van der Waals surface area contributed by atoms with Crippen molar-refractivity contribution in [1.82, 2.24) is 4.98 Å². The molecule has 0 aliphatic heterocycles. The van der Waals surface area contributed by atoms with E-state index in [2.05, 4.69) is 24.1 Å². The number of nitrogens with one attached hydrogen (secondary N) is 1. The number of nitrogens with zero attached hydrogens (tertiary/aromatic N) is 2. The number of hydrogen-bond donors (Lipinski definition) is 1. The SMILES string of the molecule is Cc1cnc(NC2CCCCC2C(C)C)cc1[N+](=O)[O-]. The average molecular weight is 277 g/mol. The average Bonchev–Trinajstić information content (AvgIpc) is 2.41. The molecular weight excluding hydrogens is 254 g/mol. The fraction of sp³-hybridized carbons (Fsp3) is 0.667. The van der Waals surface area contributed by atoms with Crippen molar-refractivity contribution in [2.75, 3.05) is 5.32 Å². The van der Waals surface area contributed by atoms with Gasteiger partial charge in [-0.05, 0) is 31.6 Å². The second-order valence-corrected chi connectivity index (χ2v) is 6.06. The molecule has 0 bridgehead atoms. The lowest BCUT2D eigenvalue weighted by atomic mass is 9.78. The van der Waals surface area contributed by atoms with Crippen LogP contribution in [0.3, 0.4) is 0 Å². The third kappa shape index (κ3) is 3.26. The van der Waals surface area contributed by atoms with Crippen LogP contribution >= 0.6 is 0 Å². The highest BCUT2D eigenvalue weighted by Crippen LogP contribution is 2.32. The molecule has 0 amide bonds. The first kappa shape index (κ1) is 14.8. The molecule has 1 aliphatic rings. The van der Waals surface area contributed by atoms with E-state index in [-0.39, 0.29) is 10.6 Å². The van der Waals surface area contributed by atoms with Crippen molar-refractivity contribution in [3.8, 4) is 0 Å². The molecule has 1 aromatic heterocycles. The van der Waals surface area contributed by atoms with Crippen LogP contribution in [0.25, 0.3) is 0 Å². The molecule has 1 heterocycles. The van der Waals surface area contributed by atoms with Gasteiger partial charge in [0.15, 0.2) is 0 Å². The van der Waals surface area contributed by atoms with Gasteiger partial charge in [-0.1, -0.05) is 26.7 Å². The molecule has 1 aromatic rings. The van der Waals surface area contributed by atoms with E-state index < -0.39 is 0 Å². The summed E-state index contributed by atoms with van der Waals surface area (Å²) < 4.78 is 0. The number of aryl methyl sites for hydroxylation is 1. The van der Waals surface area contributed by atoms with Gasteiger partial charge in [-0.25, -0.2) is 4.98 Å². The molecule has 2 atom stereocenters. The monoisotopic (exact) mass is 277 g/mol. The third-order valence-corrected chi connectivity index (χ3v) is 4.28. The quantitative estimate of drug-likeness (QED) is 0.669. The Hall–Kier alpha value is -1.65. The second kappa shape index (κ2) is 6.20. The largest absolute Gasteiger partial charge is 0.367 e. The lowest BCUT2D eigenvalue weighted by Gasteiger charge is -2.35. The maximum absolute atomic E-state index is 11.0. The molecule has 1 fully saturated rings. The molecule has 1 aliphatic carbocycles. The van der Waals surface area contributed by atoms with Gasteiger partial charge in [0.25, 0.3) is 5.69 Å². The molecule has 0 saturated heterocycles. The minimum Gasteiger partial charge on any atom is -0.367 e. The zero-order chi connectivity index (χ0) is 14.7. The van der Waals surface area contributed by atoms with Crippen LogP contribution in [0.15, 0.2) is 12.3 Å². The van der Waals surface area contributed by atoms with E-state index in [1.54, 1.807) is 19.2 Å². The molecule has 110 valence electrons.